The second-order valence-electron chi connectivity index (χ2n) is 8.21. The third-order valence-corrected chi connectivity index (χ3v) is 6.01. The van der Waals surface area contributed by atoms with Gasteiger partial charge in [-0.2, -0.15) is 0 Å². The van der Waals surface area contributed by atoms with E-state index in [4.69, 9.17) is 0 Å². The van der Waals surface area contributed by atoms with Gasteiger partial charge in [0.1, 0.15) is 12.1 Å². The van der Waals surface area contributed by atoms with Crippen LogP contribution < -0.4 is 16.0 Å². The van der Waals surface area contributed by atoms with Gasteiger partial charge in [0, 0.05) is 6.54 Å². The van der Waals surface area contributed by atoms with E-state index in [1.807, 2.05) is 60.7 Å². The number of benzene rings is 2. The maximum Gasteiger partial charge on any atom is 0.248 e. The molecule has 33 heavy (non-hydrogen) atoms. The number of aliphatic hydroxyl groups excluding tert-OH is 1. The van der Waals surface area contributed by atoms with Gasteiger partial charge in [0.2, 0.25) is 17.7 Å². The average molecular weight is 453 g/mol. The summed E-state index contributed by atoms with van der Waals surface area (Å²) in [5.74, 6) is -1.11. The smallest absolute Gasteiger partial charge is 0.248 e. The Kier molecular flexibility index (Phi) is 8.57. The van der Waals surface area contributed by atoms with E-state index in [1.165, 1.54) is 4.90 Å². The van der Waals surface area contributed by atoms with Crippen molar-refractivity contribution < 1.29 is 19.5 Å². The van der Waals surface area contributed by atoms with Crippen LogP contribution in [-0.4, -0.2) is 66.1 Å². The largest absolute Gasteiger partial charge is 0.394 e. The number of hydrogen-bond acceptors (Lipinski definition) is 5. The van der Waals surface area contributed by atoms with Crippen molar-refractivity contribution >= 4 is 17.7 Å². The van der Waals surface area contributed by atoms with Crippen LogP contribution in [0.3, 0.4) is 0 Å². The third kappa shape index (κ3) is 5.97. The average Bonchev–Trinajstić information content (AvgIpc) is 3.36. The van der Waals surface area contributed by atoms with Crippen molar-refractivity contribution in [2.45, 2.75) is 43.9 Å². The number of rotatable bonds is 9. The second-order valence-corrected chi connectivity index (χ2v) is 8.21. The first-order valence-corrected chi connectivity index (χ1v) is 11.3. The Morgan fingerprint density at radius 2 is 1.58 bits per heavy atom. The molecule has 176 valence electrons. The van der Waals surface area contributed by atoms with Gasteiger partial charge in [0.05, 0.1) is 18.7 Å². The number of carbonyl (C=O) groups is 3. The molecule has 3 amide bonds. The number of hydrogen-bond donors (Lipinski definition) is 4. The Bertz CT molecular complexity index is 898. The fraction of sp³-hybridized carbons (Fsp3) is 0.400. The molecule has 8 nitrogen and oxygen atoms in total. The predicted octanol–water partition coefficient (Wildman–Crippen LogP) is 0.968. The first-order valence-electron chi connectivity index (χ1n) is 11.3. The van der Waals surface area contributed by atoms with Crippen LogP contribution in [0.25, 0.3) is 0 Å². The molecule has 0 aromatic heterocycles. The first-order chi connectivity index (χ1) is 16.0. The van der Waals surface area contributed by atoms with E-state index in [0.29, 0.717) is 19.4 Å². The van der Waals surface area contributed by atoms with E-state index >= 15 is 0 Å². The summed E-state index contributed by atoms with van der Waals surface area (Å²) in [6, 6.07) is 16.7. The highest BCUT2D eigenvalue weighted by Gasteiger charge is 2.38. The normalized spacial score (nSPS) is 17.5. The van der Waals surface area contributed by atoms with Gasteiger partial charge < -0.3 is 26.0 Å². The highest BCUT2D eigenvalue weighted by molar-refractivity contribution is 5.93. The summed E-state index contributed by atoms with van der Waals surface area (Å²) in [6.07, 6.45) is 1.19. The van der Waals surface area contributed by atoms with Gasteiger partial charge in [-0.3, -0.25) is 14.4 Å². The highest BCUT2D eigenvalue weighted by atomic mass is 16.3. The summed E-state index contributed by atoms with van der Waals surface area (Å²) in [7, 11) is 1.64. The Hall–Kier alpha value is -3.23. The van der Waals surface area contributed by atoms with Crippen molar-refractivity contribution in [2.75, 3.05) is 20.2 Å². The fourth-order valence-electron chi connectivity index (χ4n) is 4.01. The number of carbonyl (C=O) groups excluding carboxylic acids is 3. The number of likely N-dealkylation sites (N-methyl/N-ethyl adjacent to an activating group) is 1. The van der Waals surface area contributed by atoms with Crippen molar-refractivity contribution in [1.82, 2.24) is 20.9 Å². The van der Waals surface area contributed by atoms with Crippen LogP contribution in [0.2, 0.25) is 0 Å². The topological polar surface area (TPSA) is 111 Å². The molecule has 1 heterocycles. The number of amides is 3. The molecular formula is C25H32N4O4. The van der Waals surface area contributed by atoms with Crippen molar-refractivity contribution in [2.24, 2.45) is 0 Å². The lowest BCUT2D eigenvalue weighted by molar-refractivity contribution is -0.142. The first kappa shape index (κ1) is 24.4. The quantitative estimate of drug-likeness (QED) is 0.453. The molecular weight excluding hydrogens is 420 g/mol. The molecule has 1 aliphatic rings. The predicted molar refractivity (Wildman–Crippen MR) is 125 cm³/mol. The maximum absolute atomic E-state index is 13.3. The van der Waals surface area contributed by atoms with Gasteiger partial charge in [0.25, 0.3) is 0 Å². The monoisotopic (exact) mass is 452 g/mol. The van der Waals surface area contributed by atoms with Crippen molar-refractivity contribution in [3.8, 4) is 0 Å². The summed E-state index contributed by atoms with van der Waals surface area (Å²) < 4.78 is 0. The molecule has 1 saturated heterocycles. The SMILES string of the molecule is CN[C@@H](C)C(=O)N[C@@H](CO)C(=O)N1CCC[C@H]1C(=O)NC(c1ccccc1)c1ccccc1. The van der Waals surface area contributed by atoms with E-state index in [0.717, 1.165) is 11.1 Å². The van der Waals surface area contributed by atoms with Crippen molar-refractivity contribution in [1.29, 1.82) is 0 Å². The van der Waals surface area contributed by atoms with Gasteiger partial charge in [-0.05, 0) is 37.9 Å². The Balaban J connectivity index is 1.76. The third-order valence-electron chi connectivity index (χ3n) is 6.01. The molecule has 0 radical (unpaired) electrons. The van der Waals surface area contributed by atoms with Gasteiger partial charge in [0.15, 0.2) is 0 Å². The lowest BCUT2D eigenvalue weighted by Gasteiger charge is -2.30. The zero-order valence-electron chi connectivity index (χ0n) is 19.0. The molecule has 3 rings (SSSR count). The van der Waals surface area contributed by atoms with Gasteiger partial charge in [-0.25, -0.2) is 0 Å². The minimum Gasteiger partial charge on any atom is -0.394 e. The van der Waals surface area contributed by atoms with Crippen LogP contribution in [-0.2, 0) is 14.4 Å². The molecule has 2 aromatic rings. The zero-order chi connectivity index (χ0) is 23.8. The van der Waals surface area contributed by atoms with Gasteiger partial charge in [-0.15, -0.1) is 0 Å². The highest BCUT2D eigenvalue weighted by Crippen LogP contribution is 2.24. The minimum atomic E-state index is -1.10. The molecule has 0 spiro atoms. The van der Waals surface area contributed by atoms with Crippen LogP contribution in [0.15, 0.2) is 60.7 Å². The van der Waals surface area contributed by atoms with Crippen LogP contribution >= 0.6 is 0 Å². The van der Waals surface area contributed by atoms with Gasteiger partial charge in [-0.1, -0.05) is 60.7 Å². The summed E-state index contributed by atoms with van der Waals surface area (Å²) in [5, 5.41) is 18.2. The summed E-state index contributed by atoms with van der Waals surface area (Å²) >= 11 is 0. The zero-order valence-corrected chi connectivity index (χ0v) is 19.0. The van der Waals surface area contributed by atoms with Crippen LogP contribution in [0.1, 0.15) is 36.9 Å². The van der Waals surface area contributed by atoms with E-state index < -0.39 is 36.5 Å². The summed E-state index contributed by atoms with van der Waals surface area (Å²) in [5.41, 5.74) is 1.88. The number of likely N-dealkylation sites (tertiary alicyclic amines) is 1. The number of nitrogens with zero attached hydrogens (tertiary/aromatic N) is 1. The summed E-state index contributed by atoms with van der Waals surface area (Å²) in [4.78, 5) is 40.1. The molecule has 8 heteroatoms. The van der Waals surface area contributed by atoms with Crippen molar-refractivity contribution in [3.05, 3.63) is 71.8 Å². The fourth-order valence-corrected chi connectivity index (χ4v) is 4.01. The molecule has 2 aromatic carbocycles. The minimum absolute atomic E-state index is 0.259. The maximum atomic E-state index is 13.3. The Labute approximate surface area is 194 Å². The van der Waals surface area contributed by atoms with E-state index in [-0.39, 0.29) is 11.9 Å². The molecule has 4 N–H and O–H groups in total. The van der Waals surface area contributed by atoms with E-state index in [9.17, 15) is 19.5 Å². The Morgan fingerprint density at radius 1 is 1.00 bits per heavy atom. The standard InChI is InChI=1S/C25H32N4O4/c1-17(26-2)23(31)27-20(16-30)25(33)29-15-9-14-21(29)24(32)28-22(18-10-5-3-6-11-18)19-12-7-4-8-13-19/h3-8,10-13,17,20-22,26,30H,9,14-16H2,1-2H3,(H,27,31)(H,28,32)/t17-,20-,21-/m0/s1. The molecule has 0 saturated carbocycles. The molecule has 1 aliphatic heterocycles. The summed E-state index contributed by atoms with van der Waals surface area (Å²) in [6.45, 7) is 1.52. The number of nitrogens with one attached hydrogen (secondary N) is 3. The lowest BCUT2D eigenvalue weighted by Crippen LogP contribution is -2.56. The Morgan fingerprint density at radius 3 is 2.09 bits per heavy atom. The molecule has 0 unspecified atom stereocenters. The lowest BCUT2D eigenvalue weighted by atomic mass is 9.98. The van der Waals surface area contributed by atoms with Crippen LogP contribution in [0.5, 0.6) is 0 Å². The van der Waals surface area contributed by atoms with Crippen LogP contribution in [0, 0.1) is 0 Å². The second kappa shape index (κ2) is 11.6. The molecule has 0 bridgehead atoms. The van der Waals surface area contributed by atoms with Gasteiger partial charge >= 0.3 is 0 Å². The van der Waals surface area contributed by atoms with Crippen molar-refractivity contribution in [3.63, 3.8) is 0 Å². The van der Waals surface area contributed by atoms with Crippen LogP contribution in [0.4, 0.5) is 0 Å². The van der Waals surface area contributed by atoms with E-state index in [1.54, 1.807) is 14.0 Å². The molecule has 0 aliphatic carbocycles. The van der Waals surface area contributed by atoms with E-state index in [2.05, 4.69) is 16.0 Å². The number of aliphatic hydroxyl groups is 1. The molecule has 3 atom stereocenters. The molecule has 1 fully saturated rings.